The number of alkyl carbamates (subject to hydrolysis) is 2. The molecule has 0 atom stereocenters. The van der Waals surface area contributed by atoms with Crippen LogP contribution in [0.3, 0.4) is 0 Å². The van der Waals surface area contributed by atoms with Gasteiger partial charge < -0.3 is 61.9 Å². The van der Waals surface area contributed by atoms with Gasteiger partial charge in [-0.3, -0.25) is 16.0 Å². The van der Waals surface area contributed by atoms with Gasteiger partial charge in [-0.1, -0.05) is 47.5 Å². The molecule has 26 nitrogen and oxygen atoms in total. The number of hydrogen-bond acceptors (Lipinski definition) is 16. The van der Waals surface area contributed by atoms with Crippen molar-refractivity contribution in [1.82, 2.24) is 40.4 Å². The lowest BCUT2D eigenvalue weighted by atomic mass is 10.1. The van der Waals surface area contributed by atoms with Crippen molar-refractivity contribution in [3.05, 3.63) is 95.0 Å². The molecule has 88 heavy (non-hydrogen) atoms. The van der Waals surface area contributed by atoms with E-state index in [0.717, 1.165) is 33.3 Å². The number of aliphatic imine (C=N–C) groups is 3. The average Bonchev–Trinajstić information content (AvgIpc) is 2.12. The lowest BCUT2D eigenvalue weighted by molar-refractivity contribution is -0.192. The summed E-state index contributed by atoms with van der Waals surface area (Å²) in [7, 11) is 0. The van der Waals surface area contributed by atoms with Crippen molar-refractivity contribution in [3.8, 4) is 22.5 Å². The third kappa shape index (κ3) is 20.6. The van der Waals surface area contributed by atoms with Gasteiger partial charge in [-0.15, -0.1) is 4.99 Å². The van der Waals surface area contributed by atoms with Crippen molar-refractivity contribution in [1.29, 1.82) is 5.41 Å². The summed E-state index contributed by atoms with van der Waals surface area (Å²) in [6.45, 7) is 20.4. The molecule has 0 saturated carbocycles. The number of amides is 3. The molecule has 0 spiro atoms. The molecule has 4 aromatic carbocycles. The van der Waals surface area contributed by atoms with Crippen molar-refractivity contribution in [2.75, 3.05) is 62.2 Å². The van der Waals surface area contributed by atoms with Crippen LogP contribution in [-0.4, -0.2) is 158 Å². The van der Waals surface area contributed by atoms with Crippen molar-refractivity contribution < 1.29 is 51.7 Å². The zero-order valence-electron chi connectivity index (χ0n) is 49.7. The van der Waals surface area contributed by atoms with Gasteiger partial charge in [0.1, 0.15) is 16.8 Å². The summed E-state index contributed by atoms with van der Waals surface area (Å²) in [5.74, 6) is -2.63. The van der Waals surface area contributed by atoms with Gasteiger partial charge in [-0.2, -0.15) is 23.2 Å². The molecule has 2 aromatic heterocycles. The highest BCUT2D eigenvalue weighted by molar-refractivity contribution is 6.32. The number of carboxylic acids is 1. The molecule has 0 bridgehead atoms. The second-order valence-electron chi connectivity index (χ2n) is 22.5. The molecule has 2 saturated heterocycles. The topological polar surface area (TPSA) is 370 Å². The summed E-state index contributed by atoms with van der Waals surface area (Å²) in [6, 6.07) is 26.6. The molecule has 470 valence electrons. The predicted molar refractivity (Wildman–Crippen MR) is 332 cm³/mol. The number of piperazine rings is 2. The molecule has 31 heteroatoms. The van der Waals surface area contributed by atoms with E-state index in [1.54, 1.807) is 92.6 Å². The van der Waals surface area contributed by atoms with Crippen LogP contribution < -0.4 is 43.4 Å². The molecule has 2 aliphatic rings. The highest BCUT2D eigenvalue weighted by Gasteiger charge is 2.38. The fraction of sp³-hybridized carbons (Fsp3) is 0.368. The number of ether oxygens (including phenoxy) is 3. The fourth-order valence-electron chi connectivity index (χ4n) is 8.44. The number of aliphatic carboxylic acids is 1. The summed E-state index contributed by atoms with van der Waals surface area (Å²) < 4.78 is 47.7. The number of fused-ring (bicyclic) bond motifs is 2. The van der Waals surface area contributed by atoms with Crippen LogP contribution in [-0.2, 0) is 19.0 Å². The summed E-state index contributed by atoms with van der Waals surface area (Å²) >= 11 is 12.6. The largest absolute Gasteiger partial charge is 0.490 e. The van der Waals surface area contributed by atoms with E-state index in [9.17, 15) is 27.6 Å². The van der Waals surface area contributed by atoms with E-state index in [-0.39, 0.29) is 35.7 Å². The number of carbonyl (C=O) groups is 4. The average molecular weight is 1260 g/mol. The predicted octanol–water partition coefficient (Wildman–Crippen LogP) is 8.86. The summed E-state index contributed by atoms with van der Waals surface area (Å²) in [6.07, 6.45) is -7.24. The Morgan fingerprint density at radius 2 is 0.955 bits per heavy atom. The quantitative estimate of drug-likeness (QED) is 0.0438. The smallest absolute Gasteiger partial charge is 0.475 e. The van der Waals surface area contributed by atoms with Crippen LogP contribution in [0.4, 0.5) is 50.8 Å². The monoisotopic (exact) mass is 1260 g/mol. The van der Waals surface area contributed by atoms with Gasteiger partial charge in [-0.05, 0) is 123 Å². The molecule has 8 rings (SSSR count). The van der Waals surface area contributed by atoms with E-state index < -0.39 is 47.2 Å². The number of carboxylic acid groups (broad SMARTS) is 1. The number of nitrogens with one attached hydrogen (secondary N) is 3. The first kappa shape index (κ1) is 67.6. The Kier molecular flexibility index (Phi) is 21.8. The minimum absolute atomic E-state index is 0.0271. The maximum Gasteiger partial charge on any atom is 0.490 e. The van der Waals surface area contributed by atoms with Crippen LogP contribution in [0.2, 0.25) is 10.0 Å². The number of nitrogens with zero attached hydrogens (tertiary/aromatic N) is 11. The lowest BCUT2D eigenvalue weighted by Crippen LogP contribution is -2.54. The van der Waals surface area contributed by atoms with Crippen LogP contribution in [0.15, 0.2) is 99.9 Å². The lowest BCUT2D eigenvalue weighted by Gasteiger charge is -2.37. The van der Waals surface area contributed by atoms with Crippen LogP contribution in [0.25, 0.3) is 44.3 Å². The summed E-state index contributed by atoms with van der Waals surface area (Å²) in [5.41, 5.74) is 26.5. The van der Waals surface area contributed by atoms with Crippen molar-refractivity contribution in [2.24, 2.45) is 37.9 Å². The van der Waals surface area contributed by atoms with Crippen molar-refractivity contribution >= 4 is 116 Å². The highest BCUT2D eigenvalue weighted by atomic mass is 35.5. The molecule has 4 heterocycles. The van der Waals surface area contributed by atoms with E-state index in [2.05, 4.69) is 55.3 Å². The fourth-order valence-corrected chi connectivity index (χ4v) is 8.78. The van der Waals surface area contributed by atoms with E-state index >= 15 is 0 Å². The van der Waals surface area contributed by atoms with Gasteiger partial charge >= 0.3 is 30.4 Å². The molecule has 0 aliphatic carbocycles. The number of hydrogen-bond donors (Lipinski definition) is 8. The second kappa shape index (κ2) is 28.3. The number of guanidine groups is 4. The first-order chi connectivity index (χ1) is 41.0. The molecule has 0 radical (unpaired) electrons. The number of halogens is 5. The zero-order chi connectivity index (χ0) is 65.1. The molecule has 2 aliphatic heterocycles. The molecule has 2 fully saturated rings. The van der Waals surface area contributed by atoms with Gasteiger partial charge in [0.05, 0.1) is 22.4 Å². The van der Waals surface area contributed by atoms with Crippen molar-refractivity contribution in [3.63, 3.8) is 0 Å². The highest BCUT2D eigenvalue weighted by Crippen LogP contribution is 2.35. The molecule has 6 aromatic rings. The molecular formula is C57H69Cl2F3N18O8. The van der Waals surface area contributed by atoms with Gasteiger partial charge in [0, 0.05) is 95.7 Å². The Bertz CT molecular complexity index is 3640. The van der Waals surface area contributed by atoms with E-state index in [1.807, 2.05) is 64.4 Å². The summed E-state index contributed by atoms with van der Waals surface area (Å²) in [4.78, 5) is 84.3. The Labute approximate surface area is 514 Å². The number of anilines is 2. The van der Waals surface area contributed by atoms with Gasteiger partial charge in [0.25, 0.3) is 11.9 Å². The van der Waals surface area contributed by atoms with E-state index in [0.29, 0.717) is 84.8 Å². The first-order valence-electron chi connectivity index (χ1n) is 27.0. The number of alkyl halides is 3. The Morgan fingerprint density at radius 1 is 0.568 bits per heavy atom. The number of rotatable bonds is 6. The SMILES string of the molecule is CC(C)(C)OC(=O)N=C(NC(=O)OC(C)(C)C)N1CCN(c2cccc(-c3nc(N=C(N)N)nc4ccc(Cl)cc34)c2)CC1.CC(C)(C)OC(=O)NC(=N)N1CCN(c2cccc(-c3nc(N=C(N)N)nc4ccc(Cl)cc34)c2)CC1.O=C(O)C(F)(F)F. The third-order valence-electron chi connectivity index (χ3n) is 12.0. The van der Waals surface area contributed by atoms with Crippen molar-refractivity contribution in [2.45, 2.75) is 85.3 Å². The Balaban J connectivity index is 0.000000256. The minimum Gasteiger partial charge on any atom is -0.475 e. The van der Waals surface area contributed by atoms with Gasteiger partial charge in [0.2, 0.25) is 11.9 Å². The normalized spacial score (nSPS) is 13.9. The second-order valence-corrected chi connectivity index (χ2v) is 23.4. The number of aromatic nitrogens is 4. The number of benzene rings is 4. The Morgan fingerprint density at radius 3 is 1.33 bits per heavy atom. The minimum atomic E-state index is -5.08. The maximum absolute atomic E-state index is 12.6. The van der Waals surface area contributed by atoms with E-state index in [4.69, 9.17) is 75.7 Å². The Hall–Kier alpha value is -9.51. The van der Waals surface area contributed by atoms with Gasteiger partial charge in [-0.25, -0.2) is 39.1 Å². The molecule has 12 N–H and O–H groups in total. The number of carbonyl (C=O) groups excluding carboxylic acids is 3. The third-order valence-corrected chi connectivity index (χ3v) is 12.4. The molecule has 3 amide bonds. The first-order valence-corrected chi connectivity index (χ1v) is 27.8. The maximum atomic E-state index is 12.6. The van der Waals surface area contributed by atoms with Crippen LogP contribution in [0, 0.1) is 5.41 Å². The van der Waals surface area contributed by atoms with Crippen LogP contribution in [0.5, 0.6) is 0 Å². The number of nitrogens with two attached hydrogens (primary N) is 4. The zero-order valence-corrected chi connectivity index (χ0v) is 51.2. The standard InChI is InChI=1S/C30H38ClN9O4.C25H30ClN9O2.C2HF3O2/c1-29(2,3)43-27(41)37-26(38-28(42)44-30(4,5)6)40-14-12-39(13-15-40)20-9-7-8-18(16-20)23-21-17-19(31)10-11-22(21)34-25(35-23)36-24(32)33;1-25(2,3)37-24(36)33-22(29)35-11-9-34(10-12-35)17-6-4-5-15(13-17)20-18-14-16(26)7-8-19(18)30-23(31-20)32-21(27)28;3-2(4,5)1(6)7/h7-11,16-17H,12-15H2,1-6H3,(H,37,38,41,42)(H4,32,33,34,35,36);4-8,13-14H,9-12H2,1-3H3,(H2,29,33,36)(H4,27,28,30,31,32);(H,6,7). The van der Waals surface area contributed by atoms with Gasteiger partial charge in [0.15, 0.2) is 11.9 Å². The summed E-state index contributed by atoms with van der Waals surface area (Å²) in [5, 5.41) is 23.2. The van der Waals surface area contributed by atoms with Crippen LogP contribution in [0.1, 0.15) is 62.3 Å². The van der Waals surface area contributed by atoms with Crippen LogP contribution >= 0.6 is 23.2 Å². The van der Waals surface area contributed by atoms with E-state index in [1.165, 1.54) is 0 Å². The molecule has 0 unspecified atom stereocenters. The molecular weight excluding hydrogens is 1190 g/mol.